The lowest BCUT2D eigenvalue weighted by molar-refractivity contribution is 0.949. The van der Waals surface area contributed by atoms with Crippen LogP contribution in [0.15, 0.2) is 6.07 Å². The van der Waals surface area contributed by atoms with E-state index in [1.165, 1.54) is 18.5 Å². The first-order chi connectivity index (χ1) is 7.11. The molecule has 2 rings (SSSR count). The number of nitrogens with two attached hydrogens (primary N) is 1. The van der Waals surface area contributed by atoms with E-state index in [0.717, 1.165) is 34.9 Å². The Morgan fingerprint density at radius 1 is 1.27 bits per heavy atom. The van der Waals surface area contributed by atoms with Crippen molar-refractivity contribution in [2.45, 2.75) is 26.7 Å². The van der Waals surface area contributed by atoms with Gasteiger partial charge < -0.3 is 10.6 Å². The lowest BCUT2D eigenvalue weighted by Crippen LogP contribution is -2.19. The van der Waals surface area contributed by atoms with Gasteiger partial charge in [0.2, 0.25) is 0 Å². The van der Waals surface area contributed by atoms with E-state index in [4.69, 9.17) is 17.3 Å². The second-order valence-corrected chi connectivity index (χ2v) is 4.64. The van der Waals surface area contributed by atoms with Gasteiger partial charge in [0.1, 0.15) is 0 Å². The third kappa shape index (κ3) is 1.78. The smallest absolute Gasteiger partial charge is 0.0687 e. The number of hydrogen-bond acceptors (Lipinski definition) is 2. The highest BCUT2D eigenvalue weighted by molar-refractivity contribution is 6.34. The second-order valence-electron chi connectivity index (χ2n) is 4.26. The molecule has 1 saturated heterocycles. The highest BCUT2D eigenvalue weighted by Crippen LogP contribution is 2.35. The Hall–Kier alpha value is -0.890. The highest BCUT2D eigenvalue weighted by Gasteiger charge is 2.17. The molecule has 2 N–H and O–H groups in total. The Morgan fingerprint density at radius 2 is 1.87 bits per heavy atom. The average Bonchev–Trinajstić information content (AvgIpc) is 2.73. The summed E-state index contributed by atoms with van der Waals surface area (Å²) in [5.74, 6) is 0. The topological polar surface area (TPSA) is 29.3 Å². The van der Waals surface area contributed by atoms with Gasteiger partial charge in [0.15, 0.2) is 0 Å². The molecule has 0 atom stereocenters. The van der Waals surface area contributed by atoms with Crippen molar-refractivity contribution in [1.82, 2.24) is 0 Å². The van der Waals surface area contributed by atoms with Crippen molar-refractivity contribution in [3.8, 4) is 0 Å². The van der Waals surface area contributed by atoms with E-state index in [9.17, 15) is 0 Å². The number of benzene rings is 1. The molecule has 2 nitrogen and oxygen atoms in total. The van der Waals surface area contributed by atoms with Gasteiger partial charge in [-0.25, -0.2) is 0 Å². The van der Waals surface area contributed by atoms with Crippen LogP contribution in [0.3, 0.4) is 0 Å². The first-order valence-electron chi connectivity index (χ1n) is 5.41. The first kappa shape index (κ1) is 10.6. The predicted molar refractivity (Wildman–Crippen MR) is 66.8 cm³/mol. The van der Waals surface area contributed by atoms with Gasteiger partial charge in [-0.2, -0.15) is 0 Å². The summed E-state index contributed by atoms with van der Waals surface area (Å²) in [4.78, 5) is 2.40. The minimum Gasteiger partial charge on any atom is -0.397 e. The highest BCUT2D eigenvalue weighted by atomic mass is 35.5. The molecule has 0 spiro atoms. The fourth-order valence-electron chi connectivity index (χ4n) is 2.17. The monoisotopic (exact) mass is 224 g/mol. The minimum atomic E-state index is 0.719. The summed E-state index contributed by atoms with van der Waals surface area (Å²) in [6.07, 6.45) is 2.56. The normalized spacial score (nSPS) is 16.1. The molecule has 1 aromatic carbocycles. The van der Waals surface area contributed by atoms with Gasteiger partial charge in [0.25, 0.3) is 0 Å². The van der Waals surface area contributed by atoms with Gasteiger partial charge in [-0.3, -0.25) is 0 Å². The number of halogens is 1. The summed E-state index contributed by atoms with van der Waals surface area (Å²) >= 11 is 6.21. The van der Waals surface area contributed by atoms with Crippen molar-refractivity contribution >= 4 is 23.0 Å². The number of nitrogens with zero attached hydrogens (tertiary/aromatic N) is 1. The Morgan fingerprint density at radius 3 is 2.47 bits per heavy atom. The lowest BCUT2D eigenvalue weighted by Gasteiger charge is -2.22. The van der Waals surface area contributed by atoms with E-state index in [1.54, 1.807) is 0 Å². The van der Waals surface area contributed by atoms with Crippen LogP contribution >= 0.6 is 11.6 Å². The molecular formula is C12H17ClN2. The number of hydrogen-bond donors (Lipinski definition) is 1. The van der Waals surface area contributed by atoms with Crippen LogP contribution in [0.1, 0.15) is 24.0 Å². The van der Waals surface area contributed by atoms with Gasteiger partial charge >= 0.3 is 0 Å². The lowest BCUT2D eigenvalue weighted by atomic mass is 10.1. The summed E-state index contributed by atoms with van der Waals surface area (Å²) in [6.45, 7) is 6.34. The minimum absolute atomic E-state index is 0.719. The molecule has 1 heterocycles. The van der Waals surface area contributed by atoms with Crippen molar-refractivity contribution in [3.63, 3.8) is 0 Å². The van der Waals surface area contributed by atoms with Crippen molar-refractivity contribution in [2.24, 2.45) is 0 Å². The second kappa shape index (κ2) is 3.93. The van der Waals surface area contributed by atoms with Gasteiger partial charge in [-0.15, -0.1) is 0 Å². The molecule has 82 valence electrons. The average molecular weight is 225 g/mol. The van der Waals surface area contributed by atoms with Crippen LogP contribution in [-0.2, 0) is 0 Å². The fraction of sp³-hybridized carbons (Fsp3) is 0.500. The van der Waals surface area contributed by atoms with Crippen LogP contribution < -0.4 is 10.6 Å². The van der Waals surface area contributed by atoms with E-state index in [0.29, 0.717) is 0 Å². The van der Waals surface area contributed by atoms with Crippen molar-refractivity contribution in [2.75, 3.05) is 23.7 Å². The Balaban J connectivity index is 2.47. The number of nitrogen functional groups attached to an aromatic ring is 1. The van der Waals surface area contributed by atoms with Gasteiger partial charge in [0.05, 0.1) is 10.7 Å². The van der Waals surface area contributed by atoms with Crippen LogP contribution in [-0.4, -0.2) is 13.1 Å². The largest absolute Gasteiger partial charge is 0.397 e. The van der Waals surface area contributed by atoms with Gasteiger partial charge in [-0.05, 0) is 43.9 Å². The molecule has 0 aromatic heterocycles. The molecule has 0 amide bonds. The fourth-order valence-corrected chi connectivity index (χ4v) is 2.41. The van der Waals surface area contributed by atoms with E-state index >= 15 is 0 Å². The number of rotatable bonds is 1. The molecular weight excluding hydrogens is 208 g/mol. The van der Waals surface area contributed by atoms with Crippen molar-refractivity contribution in [3.05, 3.63) is 22.2 Å². The van der Waals surface area contributed by atoms with Crippen molar-refractivity contribution in [1.29, 1.82) is 0 Å². The van der Waals surface area contributed by atoms with Gasteiger partial charge in [0, 0.05) is 18.8 Å². The summed E-state index contributed by atoms with van der Waals surface area (Å²) in [5, 5.41) is 0.719. The van der Waals surface area contributed by atoms with E-state index in [-0.39, 0.29) is 0 Å². The van der Waals surface area contributed by atoms with Crippen LogP contribution in [0.25, 0.3) is 0 Å². The molecule has 0 unspecified atom stereocenters. The SMILES string of the molecule is Cc1cc(N2CCCC2)c(C)c(Cl)c1N. The molecule has 15 heavy (non-hydrogen) atoms. The molecule has 0 radical (unpaired) electrons. The summed E-state index contributed by atoms with van der Waals surface area (Å²) in [5.41, 5.74) is 10.1. The zero-order valence-electron chi connectivity index (χ0n) is 9.31. The molecule has 1 aliphatic rings. The van der Waals surface area contributed by atoms with Crippen LogP contribution in [0.2, 0.25) is 5.02 Å². The zero-order chi connectivity index (χ0) is 11.0. The third-order valence-electron chi connectivity index (χ3n) is 3.17. The van der Waals surface area contributed by atoms with Crippen LogP contribution in [0.4, 0.5) is 11.4 Å². The zero-order valence-corrected chi connectivity index (χ0v) is 10.1. The maximum atomic E-state index is 6.21. The van der Waals surface area contributed by atoms with E-state index in [2.05, 4.69) is 11.0 Å². The Labute approximate surface area is 96.0 Å². The number of aryl methyl sites for hydroxylation is 1. The maximum absolute atomic E-state index is 6.21. The molecule has 0 saturated carbocycles. The van der Waals surface area contributed by atoms with Crippen LogP contribution in [0, 0.1) is 13.8 Å². The molecule has 0 aliphatic carbocycles. The summed E-state index contributed by atoms with van der Waals surface area (Å²) in [6, 6.07) is 2.15. The molecule has 0 bridgehead atoms. The van der Waals surface area contributed by atoms with Crippen LogP contribution in [0.5, 0.6) is 0 Å². The standard InChI is InChI=1S/C12H17ClN2/c1-8-7-10(15-5-3-4-6-15)9(2)11(13)12(8)14/h7H,3-6,14H2,1-2H3. The quantitative estimate of drug-likeness (QED) is 0.743. The van der Waals surface area contributed by atoms with E-state index in [1.807, 2.05) is 13.8 Å². The van der Waals surface area contributed by atoms with Crippen molar-refractivity contribution < 1.29 is 0 Å². The number of anilines is 2. The Kier molecular flexibility index (Phi) is 2.79. The molecule has 3 heteroatoms. The van der Waals surface area contributed by atoms with E-state index < -0.39 is 0 Å². The summed E-state index contributed by atoms with van der Waals surface area (Å²) in [7, 11) is 0. The predicted octanol–water partition coefficient (Wildman–Crippen LogP) is 3.14. The maximum Gasteiger partial charge on any atom is 0.0687 e. The molecule has 1 aromatic rings. The molecule has 1 aliphatic heterocycles. The first-order valence-corrected chi connectivity index (χ1v) is 5.79. The molecule has 1 fully saturated rings. The third-order valence-corrected chi connectivity index (χ3v) is 3.66. The van der Waals surface area contributed by atoms with Gasteiger partial charge in [-0.1, -0.05) is 11.6 Å². The Bertz CT molecular complexity index is 382. The summed E-state index contributed by atoms with van der Waals surface area (Å²) < 4.78 is 0.